The summed E-state index contributed by atoms with van der Waals surface area (Å²) in [5.41, 5.74) is 1.27. The van der Waals surface area contributed by atoms with E-state index in [2.05, 4.69) is 4.84 Å². The number of rotatable bonds is 6. The second-order valence-electron chi connectivity index (χ2n) is 6.16. The van der Waals surface area contributed by atoms with Gasteiger partial charge in [0.15, 0.2) is 0 Å². The van der Waals surface area contributed by atoms with Crippen LogP contribution in [0.25, 0.3) is 0 Å². The third-order valence-electron chi connectivity index (χ3n) is 4.21. The SMILES string of the molecule is O=C(CCCc1ccc(N2C(=O)C=CC2=O)cc1)ON1C(=O)CC(=S(=O)=O)C1=O. The Morgan fingerprint density at radius 2 is 1.62 bits per heavy atom. The van der Waals surface area contributed by atoms with Gasteiger partial charge >= 0.3 is 11.9 Å². The van der Waals surface area contributed by atoms with Crippen molar-refractivity contribution in [1.29, 1.82) is 0 Å². The molecule has 0 atom stereocenters. The van der Waals surface area contributed by atoms with Gasteiger partial charge in [-0.2, -0.15) is 8.42 Å². The van der Waals surface area contributed by atoms with E-state index in [-0.39, 0.29) is 11.5 Å². The first kappa shape index (κ1) is 20.1. The number of aryl methyl sites for hydroxylation is 1. The third kappa shape index (κ3) is 4.29. The lowest BCUT2D eigenvalue weighted by Gasteiger charge is -2.14. The summed E-state index contributed by atoms with van der Waals surface area (Å²) in [6.45, 7) is 0. The van der Waals surface area contributed by atoms with Gasteiger partial charge in [0.25, 0.3) is 17.7 Å². The van der Waals surface area contributed by atoms with E-state index in [1.807, 2.05) is 0 Å². The molecule has 1 fully saturated rings. The zero-order valence-corrected chi connectivity index (χ0v) is 15.7. The van der Waals surface area contributed by atoms with Crippen molar-refractivity contribution in [3.63, 3.8) is 0 Å². The molecule has 0 radical (unpaired) electrons. The highest BCUT2D eigenvalue weighted by Gasteiger charge is 2.39. The standard InChI is InChI=1S/C18H14N2O8S/c21-14-8-9-15(22)19(14)12-6-4-11(5-7-12)2-1-3-17(24)28-20-16(23)10-13(18(20)25)29(26)27/h4-9H,1-3,10H2. The zero-order valence-electron chi connectivity index (χ0n) is 14.9. The normalized spacial score (nSPS) is 16.2. The summed E-state index contributed by atoms with van der Waals surface area (Å²) in [5, 5.41) is 0.167. The molecule has 2 aliphatic rings. The lowest BCUT2D eigenvalue weighted by molar-refractivity contribution is -0.196. The van der Waals surface area contributed by atoms with Crippen molar-refractivity contribution in [2.45, 2.75) is 25.7 Å². The van der Waals surface area contributed by atoms with Gasteiger partial charge in [0.1, 0.15) is 4.86 Å². The molecule has 1 saturated heterocycles. The highest BCUT2D eigenvalue weighted by atomic mass is 32.2. The summed E-state index contributed by atoms with van der Waals surface area (Å²) in [5.74, 6) is -3.76. The first-order chi connectivity index (χ1) is 13.8. The van der Waals surface area contributed by atoms with E-state index in [9.17, 15) is 32.4 Å². The first-order valence-electron chi connectivity index (χ1n) is 8.46. The average Bonchev–Trinajstić information content (AvgIpc) is 3.15. The molecule has 0 unspecified atom stereocenters. The largest absolute Gasteiger partial charge is 0.333 e. The fourth-order valence-corrected chi connectivity index (χ4v) is 3.25. The van der Waals surface area contributed by atoms with Crippen LogP contribution in [0.1, 0.15) is 24.8 Å². The Labute approximate surface area is 165 Å². The van der Waals surface area contributed by atoms with Crippen LogP contribution in [0.5, 0.6) is 0 Å². The Bertz CT molecular complexity index is 1060. The third-order valence-corrected chi connectivity index (χ3v) is 4.93. The monoisotopic (exact) mass is 418 g/mol. The molecule has 1 aromatic rings. The molecule has 29 heavy (non-hydrogen) atoms. The summed E-state index contributed by atoms with van der Waals surface area (Å²) < 4.78 is 21.7. The first-order valence-corrected chi connectivity index (χ1v) is 9.53. The van der Waals surface area contributed by atoms with Crippen LogP contribution < -0.4 is 4.90 Å². The van der Waals surface area contributed by atoms with Crippen LogP contribution in [0.3, 0.4) is 0 Å². The Kier molecular flexibility index (Phi) is 5.69. The molecule has 2 heterocycles. The maximum atomic E-state index is 11.8. The molecule has 0 aromatic heterocycles. The van der Waals surface area contributed by atoms with Crippen LogP contribution in [0, 0.1) is 0 Å². The van der Waals surface area contributed by atoms with Crippen molar-refractivity contribution in [3.8, 4) is 0 Å². The average molecular weight is 418 g/mol. The van der Waals surface area contributed by atoms with E-state index in [4.69, 9.17) is 0 Å². The van der Waals surface area contributed by atoms with Crippen molar-refractivity contribution in [3.05, 3.63) is 42.0 Å². The van der Waals surface area contributed by atoms with E-state index in [0.717, 1.165) is 10.5 Å². The number of imide groups is 2. The molecule has 150 valence electrons. The van der Waals surface area contributed by atoms with Crippen molar-refractivity contribution >= 4 is 50.4 Å². The Morgan fingerprint density at radius 1 is 1.00 bits per heavy atom. The zero-order chi connectivity index (χ0) is 21.1. The maximum Gasteiger partial charge on any atom is 0.333 e. The molecule has 1 aromatic carbocycles. The molecule has 10 nitrogen and oxygen atoms in total. The number of nitrogens with zero attached hydrogens (tertiary/aromatic N) is 2. The van der Waals surface area contributed by atoms with Crippen molar-refractivity contribution in [2.24, 2.45) is 0 Å². The molecule has 4 amide bonds. The van der Waals surface area contributed by atoms with Crippen LogP contribution in [-0.2, 0) is 45.5 Å². The van der Waals surface area contributed by atoms with Gasteiger partial charge < -0.3 is 4.84 Å². The summed E-state index contributed by atoms with van der Waals surface area (Å²) in [4.78, 5) is 63.5. The topological polar surface area (TPSA) is 135 Å². The van der Waals surface area contributed by atoms with Crippen LogP contribution >= 0.6 is 0 Å². The van der Waals surface area contributed by atoms with E-state index in [1.165, 1.54) is 12.2 Å². The molecule has 0 aliphatic carbocycles. The highest BCUT2D eigenvalue weighted by molar-refractivity contribution is 7.75. The number of hydrogen-bond donors (Lipinski definition) is 0. The van der Waals surface area contributed by atoms with Crippen LogP contribution in [0.4, 0.5) is 5.69 Å². The van der Waals surface area contributed by atoms with Gasteiger partial charge in [0, 0.05) is 18.6 Å². The molecule has 0 N–H and O–H groups in total. The Balaban J connectivity index is 1.50. The van der Waals surface area contributed by atoms with Gasteiger partial charge in [0.2, 0.25) is 10.3 Å². The molecule has 11 heteroatoms. The minimum absolute atomic E-state index is 0.109. The highest BCUT2D eigenvalue weighted by Crippen LogP contribution is 2.20. The van der Waals surface area contributed by atoms with Crippen LogP contribution in [0.2, 0.25) is 0 Å². The summed E-state index contributed by atoms with van der Waals surface area (Å²) in [7, 11) is -2.85. The number of carbonyl (C=O) groups excluding carboxylic acids is 5. The smallest absolute Gasteiger partial charge is 0.330 e. The molecule has 0 saturated carbocycles. The molecular weight excluding hydrogens is 404 g/mol. The van der Waals surface area contributed by atoms with E-state index < -0.39 is 51.2 Å². The fourth-order valence-electron chi connectivity index (χ4n) is 2.78. The van der Waals surface area contributed by atoms with Gasteiger partial charge in [-0.1, -0.05) is 17.2 Å². The van der Waals surface area contributed by atoms with Crippen molar-refractivity contribution in [1.82, 2.24) is 5.06 Å². The van der Waals surface area contributed by atoms with Crippen molar-refractivity contribution < 1.29 is 37.2 Å². The van der Waals surface area contributed by atoms with Crippen LogP contribution in [0.15, 0.2) is 36.4 Å². The molecular formula is C18H14N2O8S. The van der Waals surface area contributed by atoms with Gasteiger partial charge in [-0.05, 0) is 30.5 Å². The number of carbonyl (C=O) groups is 5. The summed E-state index contributed by atoms with van der Waals surface area (Å²) in [6, 6.07) is 6.63. The minimum atomic E-state index is -2.85. The predicted molar refractivity (Wildman–Crippen MR) is 97.5 cm³/mol. The lowest BCUT2D eigenvalue weighted by atomic mass is 10.1. The Hall–Kier alpha value is -3.60. The number of benzene rings is 1. The van der Waals surface area contributed by atoms with E-state index >= 15 is 0 Å². The Morgan fingerprint density at radius 3 is 2.17 bits per heavy atom. The maximum absolute atomic E-state index is 11.8. The second-order valence-corrected chi connectivity index (χ2v) is 7.12. The number of anilines is 1. The number of hydroxylamine groups is 2. The number of hydrogen-bond acceptors (Lipinski definition) is 8. The fraction of sp³-hybridized carbons (Fsp3) is 0.222. The van der Waals surface area contributed by atoms with Gasteiger partial charge in [0.05, 0.1) is 12.1 Å². The minimum Gasteiger partial charge on any atom is -0.330 e. The predicted octanol–water partition coefficient (Wildman–Crippen LogP) is -0.293. The number of amides is 4. The van der Waals surface area contributed by atoms with Gasteiger partial charge in [-0.15, -0.1) is 0 Å². The van der Waals surface area contributed by atoms with Crippen molar-refractivity contribution in [2.75, 3.05) is 4.90 Å². The quantitative estimate of drug-likeness (QED) is 0.454. The molecule has 0 bridgehead atoms. The van der Waals surface area contributed by atoms with E-state index in [1.54, 1.807) is 24.3 Å². The summed E-state index contributed by atoms with van der Waals surface area (Å²) >= 11 is 0. The molecule has 2 aliphatic heterocycles. The molecule has 0 spiro atoms. The second kappa shape index (κ2) is 8.19. The van der Waals surface area contributed by atoms with Crippen LogP contribution in [-0.4, -0.2) is 47.9 Å². The van der Waals surface area contributed by atoms with Gasteiger partial charge in [-0.25, -0.2) is 9.69 Å². The summed E-state index contributed by atoms with van der Waals surface area (Å²) in [6.07, 6.45) is 2.43. The van der Waals surface area contributed by atoms with Gasteiger partial charge in [-0.3, -0.25) is 19.2 Å². The molecule has 3 rings (SSSR count). The lowest BCUT2D eigenvalue weighted by Crippen LogP contribution is -2.33. The van der Waals surface area contributed by atoms with E-state index in [0.29, 0.717) is 18.5 Å².